The van der Waals surface area contributed by atoms with Crippen molar-refractivity contribution < 1.29 is 14.6 Å². The molecule has 0 aliphatic rings. The Labute approximate surface area is 130 Å². The van der Waals surface area contributed by atoms with Gasteiger partial charge < -0.3 is 9.84 Å². The van der Waals surface area contributed by atoms with Crippen molar-refractivity contribution in [2.45, 2.75) is 0 Å². The standard InChI is InChI=1S/C17H11N3O3/c21-17(22)15-8-14(9-16-19-5-6-20(15)16)23-13-2-1-11-3-4-18-10-12(11)7-13/h1-10H,(H,21,22). The Bertz CT molecular complexity index is 1040. The van der Waals surface area contributed by atoms with Crippen molar-refractivity contribution in [3.05, 3.63) is 66.9 Å². The molecule has 0 saturated heterocycles. The van der Waals surface area contributed by atoms with E-state index >= 15 is 0 Å². The van der Waals surface area contributed by atoms with Crippen molar-refractivity contribution in [1.82, 2.24) is 14.4 Å². The lowest BCUT2D eigenvalue weighted by Gasteiger charge is -2.09. The van der Waals surface area contributed by atoms with Gasteiger partial charge in [-0.05, 0) is 23.6 Å². The zero-order valence-corrected chi connectivity index (χ0v) is 11.9. The number of hydrogen-bond acceptors (Lipinski definition) is 4. The number of nitrogens with zero attached hydrogens (tertiary/aromatic N) is 3. The molecule has 0 radical (unpaired) electrons. The third kappa shape index (κ3) is 2.36. The van der Waals surface area contributed by atoms with Gasteiger partial charge in [-0.3, -0.25) is 9.38 Å². The van der Waals surface area contributed by atoms with Crippen LogP contribution in [0.25, 0.3) is 16.4 Å². The second kappa shape index (κ2) is 5.10. The van der Waals surface area contributed by atoms with Crippen LogP contribution < -0.4 is 4.74 Å². The lowest BCUT2D eigenvalue weighted by Crippen LogP contribution is -2.04. The molecule has 0 aliphatic carbocycles. The van der Waals surface area contributed by atoms with Gasteiger partial charge in [-0.2, -0.15) is 0 Å². The number of carboxylic acid groups (broad SMARTS) is 1. The number of hydrogen-bond donors (Lipinski definition) is 1. The minimum atomic E-state index is -1.04. The number of imidazole rings is 1. The van der Waals surface area contributed by atoms with E-state index in [-0.39, 0.29) is 5.69 Å². The summed E-state index contributed by atoms with van der Waals surface area (Å²) in [5, 5.41) is 11.3. The van der Waals surface area contributed by atoms with E-state index in [9.17, 15) is 9.90 Å². The van der Waals surface area contributed by atoms with Crippen LogP contribution in [0.5, 0.6) is 11.5 Å². The molecule has 1 aromatic carbocycles. The third-order valence-electron chi connectivity index (χ3n) is 3.55. The molecule has 0 atom stereocenters. The lowest BCUT2D eigenvalue weighted by atomic mass is 10.2. The average molecular weight is 305 g/mol. The number of pyridine rings is 2. The van der Waals surface area contributed by atoms with Crippen LogP contribution in [0.3, 0.4) is 0 Å². The summed E-state index contributed by atoms with van der Waals surface area (Å²) in [5.41, 5.74) is 0.611. The quantitative estimate of drug-likeness (QED) is 0.628. The van der Waals surface area contributed by atoms with Crippen molar-refractivity contribution in [3.8, 4) is 11.5 Å². The molecule has 0 spiro atoms. The first-order valence-corrected chi connectivity index (χ1v) is 6.93. The van der Waals surface area contributed by atoms with Gasteiger partial charge in [0.1, 0.15) is 22.8 Å². The predicted octanol–water partition coefficient (Wildman–Crippen LogP) is 3.37. The van der Waals surface area contributed by atoms with E-state index in [1.54, 1.807) is 30.9 Å². The molecule has 0 unspecified atom stereocenters. The number of ether oxygens (including phenoxy) is 1. The molecular weight excluding hydrogens is 294 g/mol. The molecule has 6 nitrogen and oxygen atoms in total. The van der Waals surface area contributed by atoms with Crippen molar-refractivity contribution in [1.29, 1.82) is 0 Å². The predicted molar refractivity (Wildman–Crippen MR) is 84.0 cm³/mol. The highest BCUT2D eigenvalue weighted by molar-refractivity contribution is 5.87. The summed E-state index contributed by atoms with van der Waals surface area (Å²) in [4.78, 5) is 19.6. The molecule has 112 valence electrons. The first-order chi connectivity index (χ1) is 11.2. The average Bonchev–Trinajstić information content (AvgIpc) is 3.02. The van der Waals surface area contributed by atoms with Crippen LogP contribution in [0.1, 0.15) is 10.5 Å². The van der Waals surface area contributed by atoms with Crippen molar-refractivity contribution in [3.63, 3.8) is 0 Å². The van der Waals surface area contributed by atoms with E-state index in [0.29, 0.717) is 17.1 Å². The van der Waals surface area contributed by atoms with Crippen LogP contribution in [0, 0.1) is 0 Å². The summed E-state index contributed by atoms with van der Waals surface area (Å²) >= 11 is 0. The highest BCUT2D eigenvalue weighted by Crippen LogP contribution is 2.27. The van der Waals surface area contributed by atoms with E-state index in [0.717, 1.165) is 10.8 Å². The maximum atomic E-state index is 11.4. The van der Waals surface area contributed by atoms with Gasteiger partial charge in [-0.25, -0.2) is 9.78 Å². The number of aromatic carboxylic acids is 1. The molecule has 23 heavy (non-hydrogen) atoms. The summed E-state index contributed by atoms with van der Waals surface area (Å²) in [7, 11) is 0. The van der Waals surface area contributed by atoms with E-state index in [2.05, 4.69) is 9.97 Å². The summed E-state index contributed by atoms with van der Waals surface area (Å²) in [6.45, 7) is 0. The fourth-order valence-electron chi connectivity index (χ4n) is 2.49. The third-order valence-corrected chi connectivity index (χ3v) is 3.55. The van der Waals surface area contributed by atoms with Gasteiger partial charge in [0, 0.05) is 42.3 Å². The van der Waals surface area contributed by atoms with E-state index in [1.165, 1.54) is 10.5 Å². The number of aromatic nitrogens is 3. The number of benzene rings is 1. The largest absolute Gasteiger partial charge is 0.477 e. The lowest BCUT2D eigenvalue weighted by molar-refractivity contribution is 0.0688. The Morgan fingerprint density at radius 1 is 1.04 bits per heavy atom. The Hall–Kier alpha value is -3.41. The molecule has 0 saturated carbocycles. The molecule has 6 heteroatoms. The molecule has 3 heterocycles. The minimum Gasteiger partial charge on any atom is -0.477 e. The van der Waals surface area contributed by atoms with Crippen LogP contribution in [-0.4, -0.2) is 25.4 Å². The second-order valence-electron chi connectivity index (χ2n) is 5.02. The normalized spacial score (nSPS) is 11.0. The molecular formula is C17H11N3O3. The van der Waals surface area contributed by atoms with Crippen molar-refractivity contribution in [2.24, 2.45) is 0 Å². The molecule has 4 rings (SSSR count). The number of carboxylic acids is 1. The fourth-order valence-corrected chi connectivity index (χ4v) is 2.49. The molecule has 4 aromatic rings. The number of rotatable bonds is 3. The Morgan fingerprint density at radius 3 is 2.83 bits per heavy atom. The van der Waals surface area contributed by atoms with Crippen LogP contribution >= 0.6 is 0 Å². The van der Waals surface area contributed by atoms with E-state index in [4.69, 9.17) is 4.74 Å². The van der Waals surface area contributed by atoms with Gasteiger partial charge >= 0.3 is 5.97 Å². The molecule has 0 aliphatic heterocycles. The number of carbonyl (C=O) groups is 1. The van der Waals surface area contributed by atoms with Gasteiger partial charge in [0.2, 0.25) is 0 Å². The molecule has 1 N–H and O–H groups in total. The van der Waals surface area contributed by atoms with Gasteiger partial charge in [0.05, 0.1) is 0 Å². The van der Waals surface area contributed by atoms with Crippen molar-refractivity contribution in [2.75, 3.05) is 0 Å². The minimum absolute atomic E-state index is 0.0949. The first-order valence-electron chi connectivity index (χ1n) is 6.93. The smallest absolute Gasteiger partial charge is 0.353 e. The Balaban J connectivity index is 1.77. The van der Waals surface area contributed by atoms with Crippen LogP contribution in [0.15, 0.2) is 61.2 Å². The van der Waals surface area contributed by atoms with Gasteiger partial charge in [-0.1, -0.05) is 6.07 Å². The maximum Gasteiger partial charge on any atom is 0.353 e. The first kappa shape index (κ1) is 13.3. The van der Waals surface area contributed by atoms with E-state index in [1.807, 2.05) is 24.3 Å². The maximum absolute atomic E-state index is 11.4. The zero-order valence-electron chi connectivity index (χ0n) is 11.9. The Morgan fingerprint density at radius 2 is 1.96 bits per heavy atom. The second-order valence-corrected chi connectivity index (χ2v) is 5.02. The SMILES string of the molecule is O=C(O)c1cc(Oc2ccc3ccncc3c2)cc2nccn12. The van der Waals surface area contributed by atoms with Crippen LogP contribution in [-0.2, 0) is 0 Å². The van der Waals surface area contributed by atoms with Crippen LogP contribution in [0.4, 0.5) is 0 Å². The van der Waals surface area contributed by atoms with Crippen molar-refractivity contribution >= 4 is 22.4 Å². The van der Waals surface area contributed by atoms with E-state index < -0.39 is 5.97 Å². The summed E-state index contributed by atoms with van der Waals surface area (Å²) in [5.74, 6) is -0.0109. The highest BCUT2D eigenvalue weighted by atomic mass is 16.5. The van der Waals surface area contributed by atoms with Crippen LogP contribution in [0.2, 0.25) is 0 Å². The Kier molecular flexibility index (Phi) is 2.94. The van der Waals surface area contributed by atoms with Gasteiger partial charge in [0.25, 0.3) is 0 Å². The topological polar surface area (TPSA) is 76.7 Å². The molecule has 3 aromatic heterocycles. The summed E-state index contributed by atoms with van der Waals surface area (Å²) in [6, 6.07) is 10.7. The van der Waals surface area contributed by atoms with Gasteiger partial charge in [-0.15, -0.1) is 0 Å². The summed E-state index contributed by atoms with van der Waals surface area (Å²) < 4.78 is 7.31. The summed E-state index contributed by atoms with van der Waals surface area (Å²) in [6.07, 6.45) is 6.63. The monoisotopic (exact) mass is 305 g/mol. The fraction of sp³-hybridized carbons (Fsp3) is 0. The number of fused-ring (bicyclic) bond motifs is 2. The molecule has 0 bridgehead atoms. The molecule has 0 fully saturated rings. The molecule has 0 amide bonds. The zero-order chi connectivity index (χ0) is 15.8. The highest BCUT2D eigenvalue weighted by Gasteiger charge is 2.12. The van der Waals surface area contributed by atoms with Gasteiger partial charge in [0.15, 0.2) is 0 Å².